The molecule has 0 bridgehead atoms. The summed E-state index contributed by atoms with van der Waals surface area (Å²) in [6, 6.07) is 0. The molecule has 0 aromatic carbocycles. The van der Waals surface area contributed by atoms with Gasteiger partial charge in [-0.15, -0.1) is 6.58 Å². The molecule has 0 radical (unpaired) electrons. The highest BCUT2D eigenvalue weighted by Crippen LogP contribution is 2.07. The molecule has 0 heterocycles. The summed E-state index contributed by atoms with van der Waals surface area (Å²) in [5, 5.41) is 0. The molecule has 0 saturated heterocycles. The first-order valence-corrected chi connectivity index (χ1v) is 5.02. The van der Waals surface area contributed by atoms with Gasteiger partial charge in [0.25, 0.3) is 0 Å². The number of rotatable bonds is 6. The van der Waals surface area contributed by atoms with Crippen LogP contribution in [0.25, 0.3) is 0 Å². The fourth-order valence-corrected chi connectivity index (χ4v) is 1.08. The maximum atomic E-state index is 11.1. The van der Waals surface area contributed by atoms with Gasteiger partial charge in [-0.05, 0) is 33.6 Å². The largest absolute Gasteiger partial charge is 0.466 e. The van der Waals surface area contributed by atoms with Gasteiger partial charge in [0.2, 0.25) is 0 Å². The van der Waals surface area contributed by atoms with Gasteiger partial charge in [-0.25, -0.2) is 0 Å². The molecule has 0 rings (SSSR count). The van der Waals surface area contributed by atoms with E-state index in [2.05, 4.69) is 12.7 Å². The maximum absolute atomic E-state index is 11.1. The molecule has 0 aliphatic carbocycles. The molecular weight excluding hydrogens is 176 g/mol. The van der Waals surface area contributed by atoms with E-state index < -0.39 is 0 Å². The van der Waals surface area contributed by atoms with E-state index in [0.29, 0.717) is 13.0 Å². The molecular formula is C12H20O2. The predicted octanol–water partition coefficient (Wildman–Crippen LogP) is 3.24. The lowest BCUT2D eigenvalue weighted by Gasteiger charge is -2.02. The lowest BCUT2D eigenvalue weighted by molar-refractivity contribution is -0.142. The van der Waals surface area contributed by atoms with Gasteiger partial charge >= 0.3 is 5.97 Å². The molecule has 14 heavy (non-hydrogen) atoms. The summed E-state index contributed by atoms with van der Waals surface area (Å²) >= 11 is 0. The maximum Gasteiger partial charge on any atom is 0.309 e. The number of ether oxygens (including phenoxy) is 1. The number of carbonyl (C=O) groups excluding carboxylic acids is 1. The van der Waals surface area contributed by atoms with Crippen LogP contribution in [-0.4, -0.2) is 12.6 Å². The van der Waals surface area contributed by atoms with E-state index in [1.165, 1.54) is 5.57 Å². The van der Waals surface area contributed by atoms with Gasteiger partial charge in [0.1, 0.15) is 0 Å². The highest BCUT2D eigenvalue weighted by molar-refractivity contribution is 5.72. The number of allylic oxidation sites excluding steroid dienone is 2. The summed E-state index contributed by atoms with van der Waals surface area (Å²) in [6.07, 6.45) is 4.43. The second kappa shape index (κ2) is 7.36. The Morgan fingerprint density at radius 2 is 2.07 bits per heavy atom. The van der Waals surface area contributed by atoms with Crippen molar-refractivity contribution in [3.8, 4) is 0 Å². The van der Waals surface area contributed by atoms with E-state index in [1.807, 2.05) is 20.8 Å². The number of carbonyl (C=O) groups is 1. The summed E-state index contributed by atoms with van der Waals surface area (Å²) < 4.78 is 4.84. The zero-order valence-electron chi connectivity index (χ0n) is 9.43. The normalized spacial score (nSPS) is 11.2. The van der Waals surface area contributed by atoms with Crippen molar-refractivity contribution in [3.05, 3.63) is 23.8 Å². The number of esters is 1. The van der Waals surface area contributed by atoms with E-state index in [1.54, 1.807) is 0 Å². The third kappa shape index (κ3) is 7.59. The molecule has 0 aliphatic heterocycles. The van der Waals surface area contributed by atoms with E-state index in [0.717, 1.165) is 18.4 Å². The summed E-state index contributed by atoms with van der Waals surface area (Å²) in [7, 11) is 0. The van der Waals surface area contributed by atoms with Crippen molar-refractivity contribution in [1.82, 2.24) is 0 Å². The topological polar surface area (TPSA) is 26.3 Å². The van der Waals surface area contributed by atoms with Crippen molar-refractivity contribution in [2.45, 2.75) is 40.0 Å². The van der Waals surface area contributed by atoms with E-state index in [4.69, 9.17) is 4.74 Å². The molecule has 0 aromatic rings. The van der Waals surface area contributed by atoms with Gasteiger partial charge in [0, 0.05) is 0 Å². The average Bonchev–Trinajstić information content (AvgIpc) is 2.03. The van der Waals surface area contributed by atoms with Crippen LogP contribution >= 0.6 is 0 Å². The van der Waals surface area contributed by atoms with Crippen LogP contribution in [0.3, 0.4) is 0 Å². The third-order valence-electron chi connectivity index (χ3n) is 1.79. The monoisotopic (exact) mass is 196 g/mol. The zero-order valence-corrected chi connectivity index (χ0v) is 9.43. The number of hydrogen-bond donors (Lipinski definition) is 0. The number of hydrogen-bond acceptors (Lipinski definition) is 2. The van der Waals surface area contributed by atoms with Crippen molar-refractivity contribution < 1.29 is 9.53 Å². The first kappa shape index (κ1) is 12.9. The van der Waals surface area contributed by atoms with E-state index in [9.17, 15) is 4.79 Å². The fourth-order valence-electron chi connectivity index (χ4n) is 1.08. The van der Waals surface area contributed by atoms with Crippen LogP contribution in [0.1, 0.15) is 40.0 Å². The molecule has 0 saturated carbocycles. The van der Waals surface area contributed by atoms with Gasteiger partial charge in [0.05, 0.1) is 13.0 Å². The molecule has 0 aliphatic rings. The molecule has 2 heteroatoms. The Morgan fingerprint density at radius 1 is 1.43 bits per heavy atom. The molecule has 0 N–H and O–H groups in total. The lowest BCUT2D eigenvalue weighted by atomic mass is 10.1. The highest BCUT2D eigenvalue weighted by Gasteiger charge is 2.01. The molecule has 0 atom stereocenters. The van der Waals surface area contributed by atoms with Crippen LogP contribution in [-0.2, 0) is 9.53 Å². The van der Waals surface area contributed by atoms with Gasteiger partial charge in [-0.1, -0.05) is 17.2 Å². The summed E-state index contributed by atoms with van der Waals surface area (Å²) in [6.45, 7) is 10.1. The van der Waals surface area contributed by atoms with Crippen LogP contribution in [0.2, 0.25) is 0 Å². The van der Waals surface area contributed by atoms with Crippen LogP contribution in [0.15, 0.2) is 23.8 Å². The summed E-state index contributed by atoms with van der Waals surface area (Å²) in [4.78, 5) is 11.1. The van der Waals surface area contributed by atoms with E-state index >= 15 is 0 Å². The molecule has 80 valence electrons. The molecule has 0 unspecified atom stereocenters. The fraction of sp³-hybridized carbons (Fsp3) is 0.583. The van der Waals surface area contributed by atoms with E-state index in [-0.39, 0.29) is 5.97 Å². The van der Waals surface area contributed by atoms with Crippen molar-refractivity contribution in [2.75, 3.05) is 6.61 Å². The SMILES string of the molecule is C=C(C)CCC=C(C)CC(=O)OCC. The lowest BCUT2D eigenvalue weighted by Crippen LogP contribution is -2.03. The quantitative estimate of drug-likeness (QED) is 0.481. The molecule has 0 spiro atoms. The van der Waals surface area contributed by atoms with Crippen molar-refractivity contribution in [2.24, 2.45) is 0 Å². The van der Waals surface area contributed by atoms with Gasteiger partial charge in [-0.3, -0.25) is 4.79 Å². The van der Waals surface area contributed by atoms with Gasteiger partial charge < -0.3 is 4.74 Å². The van der Waals surface area contributed by atoms with Gasteiger partial charge in [0.15, 0.2) is 0 Å². The summed E-state index contributed by atoms with van der Waals surface area (Å²) in [5.41, 5.74) is 2.25. The summed E-state index contributed by atoms with van der Waals surface area (Å²) in [5.74, 6) is -0.142. The van der Waals surface area contributed by atoms with Crippen molar-refractivity contribution in [3.63, 3.8) is 0 Å². The Morgan fingerprint density at radius 3 is 2.57 bits per heavy atom. The minimum absolute atomic E-state index is 0.142. The second-order valence-electron chi connectivity index (χ2n) is 3.53. The second-order valence-corrected chi connectivity index (χ2v) is 3.53. The molecule has 2 nitrogen and oxygen atoms in total. The molecule has 0 amide bonds. The third-order valence-corrected chi connectivity index (χ3v) is 1.79. The Hall–Kier alpha value is -1.05. The van der Waals surface area contributed by atoms with Crippen molar-refractivity contribution >= 4 is 5.97 Å². The van der Waals surface area contributed by atoms with Crippen LogP contribution in [0.5, 0.6) is 0 Å². The molecule has 0 aromatic heterocycles. The van der Waals surface area contributed by atoms with Crippen LogP contribution in [0, 0.1) is 0 Å². The minimum Gasteiger partial charge on any atom is -0.466 e. The Balaban J connectivity index is 3.76. The standard InChI is InChI=1S/C12H20O2/c1-5-14-12(13)9-11(4)8-6-7-10(2)3/h8H,2,5-7,9H2,1,3-4H3. The van der Waals surface area contributed by atoms with Crippen LogP contribution < -0.4 is 0 Å². The highest BCUT2D eigenvalue weighted by atomic mass is 16.5. The first-order valence-electron chi connectivity index (χ1n) is 5.02. The Kier molecular flexibility index (Phi) is 6.81. The Bertz CT molecular complexity index is 226. The van der Waals surface area contributed by atoms with Crippen molar-refractivity contribution in [1.29, 1.82) is 0 Å². The Labute approximate surface area is 86.6 Å². The first-order chi connectivity index (χ1) is 6.56. The smallest absolute Gasteiger partial charge is 0.309 e. The molecule has 0 fully saturated rings. The predicted molar refractivity (Wildman–Crippen MR) is 59.1 cm³/mol. The zero-order chi connectivity index (χ0) is 11.0. The van der Waals surface area contributed by atoms with Crippen LogP contribution in [0.4, 0.5) is 0 Å². The average molecular weight is 196 g/mol. The van der Waals surface area contributed by atoms with Gasteiger partial charge in [-0.2, -0.15) is 0 Å². The minimum atomic E-state index is -0.142.